The molecule has 0 saturated carbocycles. The number of hydrogen-bond acceptors (Lipinski definition) is 5. The maximum absolute atomic E-state index is 13.9. The van der Waals surface area contributed by atoms with Crippen molar-refractivity contribution in [2.24, 2.45) is 4.99 Å². The number of ether oxygens (including phenoxy) is 2. The summed E-state index contributed by atoms with van der Waals surface area (Å²) in [4.78, 5) is 17.5. The van der Waals surface area contributed by atoms with Crippen LogP contribution in [-0.4, -0.2) is 17.7 Å². The van der Waals surface area contributed by atoms with Gasteiger partial charge in [-0.05, 0) is 73.3 Å². The SMILES string of the molecule is CCOc1ccc(N=C2NC(=O)/C(=C\c3cc(Br)ccc3OCc3ccccc3F)S2)cc1. The first-order valence-corrected chi connectivity index (χ1v) is 11.8. The molecule has 0 radical (unpaired) electrons. The summed E-state index contributed by atoms with van der Waals surface area (Å²) in [5, 5.41) is 3.27. The summed E-state index contributed by atoms with van der Waals surface area (Å²) in [5.41, 5.74) is 1.86. The molecule has 1 aliphatic rings. The highest BCUT2D eigenvalue weighted by Crippen LogP contribution is 2.32. The molecule has 8 heteroatoms. The minimum absolute atomic E-state index is 0.0776. The van der Waals surface area contributed by atoms with E-state index in [-0.39, 0.29) is 18.3 Å². The lowest BCUT2D eigenvalue weighted by molar-refractivity contribution is -0.115. The zero-order valence-electron chi connectivity index (χ0n) is 17.7. The average Bonchev–Trinajstić information content (AvgIpc) is 3.14. The molecule has 1 heterocycles. The van der Waals surface area contributed by atoms with Crippen molar-refractivity contribution in [1.82, 2.24) is 5.32 Å². The molecular formula is C25H20BrFN2O3S. The summed E-state index contributed by atoms with van der Waals surface area (Å²) in [6.45, 7) is 2.60. The van der Waals surface area contributed by atoms with Crippen molar-refractivity contribution in [2.75, 3.05) is 6.61 Å². The first-order valence-electron chi connectivity index (χ1n) is 10.2. The van der Waals surface area contributed by atoms with E-state index in [1.807, 2.05) is 43.3 Å². The predicted molar refractivity (Wildman–Crippen MR) is 133 cm³/mol. The Morgan fingerprint density at radius 2 is 1.88 bits per heavy atom. The number of amidine groups is 1. The fourth-order valence-corrected chi connectivity index (χ4v) is 4.27. The van der Waals surface area contributed by atoms with Gasteiger partial charge >= 0.3 is 0 Å². The molecule has 3 aromatic rings. The standard InChI is InChI=1S/C25H20BrFN2O3S/c1-2-31-20-10-8-19(9-11-20)28-25-29-24(30)23(33-25)14-17-13-18(26)7-12-22(17)32-15-16-5-3-4-6-21(16)27/h3-14H,2,15H2,1H3,(H,28,29,30)/b23-14+. The van der Waals surface area contributed by atoms with Gasteiger partial charge in [-0.3, -0.25) is 4.79 Å². The van der Waals surface area contributed by atoms with E-state index in [1.165, 1.54) is 17.8 Å². The van der Waals surface area contributed by atoms with Crippen molar-refractivity contribution in [3.8, 4) is 11.5 Å². The molecule has 168 valence electrons. The van der Waals surface area contributed by atoms with Crippen molar-refractivity contribution >= 4 is 50.5 Å². The second kappa shape index (κ2) is 10.7. The molecule has 1 amide bonds. The number of benzene rings is 3. The van der Waals surface area contributed by atoms with E-state index >= 15 is 0 Å². The van der Waals surface area contributed by atoms with E-state index in [0.29, 0.717) is 39.2 Å². The van der Waals surface area contributed by atoms with Crippen LogP contribution in [0.15, 0.2) is 81.1 Å². The van der Waals surface area contributed by atoms with Crippen molar-refractivity contribution in [2.45, 2.75) is 13.5 Å². The zero-order chi connectivity index (χ0) is 23.2. The molecule has 0 aromatic heterocycles. The predicted octanol–water partition coefficient (Wildman–Crippen LogP) is 6.46. The van der Waals surface area contributed by atoms with Crippen molar-refractivity contribution in [3.63, 3.8) is 0 Å². The topological polar surface area (TPSA) is 59.9 Å². The second-order valence-corrected chi connectivity index (χ2v) is 8.92. The van der Waals surface area contributed by atoms with Gasteiger partial charge in [0.2, 0.25) is 0 Å². The number of carbonyl (C=O) groups excluding carboxylic acids is 1. The minimum Gasteiger partial charge on any atom is -0.494 e. The molecule has 1 fully saturated rings. The van der Waals surface area contributed by atoms with Crippen LogP contribution in [-0.2, 0) is 11.4 Å². The van der Waals surface area contributed by atoms with Crippen LogP contribution in [0, 0.1) is 5.82 Å². The monoisotopic (exact) mass is 526 g/mol. The van der Waals surface area contributed by atoms with Crippen molar-refractivity contribution in [3.05, 3.63) is 93.1 Å². The molecular weight excluding hydrogens is 507 g/mol. The molecule has 0 spiro atoms. The van der Waals surface area contributed by atoms with Gasteiger partial charge in [-0.2, -0.15) is 0 Å². The first-order chi connectivity index (χ1) is 16.0. The van der Waals surface area contributed by atoms with Gasteiger partial charge in [-0.15, -0.1) is 0 Å². The average molecular weight is 527 g/mol. The molecule has 3 aromatic carbocycles. The summed E-state index contributed by atoms with van der Waals surface area (Å²) in [6.07, 6.45) is 1.74. The summed E-state index contributed by atoms with van der Waals surface area (Å²) < 4.78 is 26.1. The highest BCUT2D eigenvalue weighted by atomic mass is 79.9. The molecule has 1 aliphatic heterocycles. The zero-order valence-corrected chi connectivity index (χ0v) is 20.1. The number of halogens is 2. The Labute approximate surface area is 203 Å². The smallest absolute Gasteiger partial charge is 0.264 e. The second-order valence-electron chi connectivity index (χ2n) is 6.97. The van der Waals surface area contributed by atoms with Crippen LogP contribution in [0.3, 0.4) is 0 Å². The van der Waals surface area contributed by atoms with Crippen LogP contribution >= 0.6 is 27.7 Å². The number of hydrogen-bond donors (Lipinski definition) is 1. The molecule has 0 unspecified atom stereocenters. The fourth-order valence-electron chi connectivity index (χ4n) is 3.06. The van der Waals surface area contributed by atoms with E-state index < -0.39 is 0 Å². The van der Waals surface area contributed by atoms with E-state index in [4.69, 9.17) is 9.47 Å². The van der Waals surface area contributed by atoms with Gasteiger partial charge in [-0.25, -0.2) is 9.38 Å². The Kier molecular flexibility index (Phi) is 7.47. The highest BCUT2D eigenvalue weighted by molar-refractivity contribution is 9.10. The van der Waals surface area contributed by atoms with Crippen LogP contribution in [0.1, 0.15) is 18.1 Å². The van der Waals surface area contributed by atoms with Gasteiger partial charge in [0.1, 0.15) is 23.9 Å². The Morgan fingerprint density at radius 1 is 1.09 bits per heavy atom. The van der Waals surface area contributed by atoms with Gasteiger partial charge in [-0.1, -0.05) is 34.1 Å². The van der Waals surface area contributed by atoms with Crippen molar-refractivity contribution in [1.29, 1.82) is 0 Å². The number of nitrogens with zero attached hydrogens (tertiary/aromatic N) is 1. The third-order valence-corrected chi connectivity index (χ3v) is 6.03. The van der Waals surface area contributed by atoms with Gasteiger partial charge in [0.05, 0.1) is 17.2 Å². The summed E-state index contributed by atoms with van der Waals surface area (Å²) in [6, 6.07) is 19.3. The number of aliphatic imine (C=N–C) groups is 1. The Balaban J connectivity index is 1.53. The number of amides is 1. The maximum atomic E-state index is 13.9. The van der Waals surface area contributed by atoms with Crippen LogP contribution in [0.25, 0.3) is 6.08 Å². The number of rotatable bonds is 7. The highest BCUT2D eigenvalue weighted by Gasteiger charge is 2.24. The summed E-state index contributed by atoms with van der Waals surface area (Å²) in [5.74, 6) is 0.738. The fraction of sp³-hybridized carbons (Fsp3) is 0.120. The summed E-state index contributed by atoms with van der Waals surface area (Å²) in [7, 11) is 0. The Morgan fingerprint density at radius 3 is 2.64 bits per heavy atom. The molecule has 4 rings (SSSR count). The Hall–Kier alpha value is -3.10. The van der Waals surface area contributed by atoms with E-state index in [9.17, 15) is 9.18 Å². The van der Waals surface area contributed by atoms with E-state index in [0.717, 1.165) is 10.2 Å². The normalized spacial score (nSPS) is 15.7. The molecule has 33 heavy (non-hydrogen) atoms. The van der Waals surface area contributed by atoms with E-state index in [1.54, 1.807) is 30.3 Å². The number of carbonyl (C=O) groups is 1. The Bertz CT molecular complexity index is 1230. The lowest BCUT2D eigenvalue weighted by Gasteiger charge is -2.11. The van der Waals surface area contributed by atoms with Crippen LogP contribution in [0.4, 0.5) is 10.1 Å². The quantitative estimate of drug-likeness (QED) is 0.359. The van der Waals surface area contributed by atoms with Gasteiger partial charge in [0, 0.05) is 15.6 Å². The molecule has 0 atom stereocenters. The lowest BCUT2D eigenvalue weighted by Crippen LogP contribution is -2.19. The third-order valence-electron chi connectivity index (χ3n) is 4.63. The summed E-state index contributed by atoms with van der Waals surface area (Å²) >= 11 is 4.70. The molecule has 1 saturated heterocycles. The van der Waals surface area contributed by atoms with Crippen LogP contribution in [0.2, 0.25) is 0 Å². The number of thioether (sulfide) groups is 1. The minimum atomic E-state index is -0.324. The molecule has 5 nitrogen and oxygen atoms in total. The lowest BCUT2D eigenvalue weighted by atomic mass is 10.1. The molecule has 0 aliphatic carbocycles. The molecule has 1 N–H and O–H groups in total. The maximum Gasteiger partial charge on any atom is 0.264 e. The largest absolute Gasteiger partial charge is 0.494 e. The van der Waals surface area contributed by atoms with Gasteiger partial charge in [0.15, 0.2) is 5.17 Å². The first kappa shape index (κ1) is 23.1. The van der Waals surface area contributed by atoms with Crippen molar-refractivity contribution < 1.29 is 18.7 Å². The van der Waals surface area contributed by atoms with Gasteiger partial charge in [0.25, 0.3) is 5.91 Å². The van der Waals surface area contributed by atoms with Crippen LogP contribution in [0.5, 0.6) is 11.5 Å². The third kappa shape index (κ3) is 6.03. The molecule has 0 bridgehead atoms. The number of nitrogens with one attached hydrogen (secondary N) is 1. The van der Waals surface area contributed by atoms with E-state index in [2.05, 4.69) is 26.2 Å². The van der Waals surface area contributed by atoms with Crippen LogP contribution < -0.4 is 14.8 Å². The van der Waals surface area contributed by atoms with Gasteiger partial charge < -0.3 is 14.8 Å².